The molecule has 0 saturated heterocycles. The normalized spacial score (nSPS) is 28.8. The molecule has 1 fully saturated rings. The Hall–Kier alpha value is -0.520. The van der Waals surface area contributed by atoms with Gasteiger partial charge in [0.15, 0.2) is 0 Å². The van der Waals surface area contributed by atoms with Crippen molar-refractivity contribution in [3.8, 4) is 0 Å². The summed E-state index contributed by atoms with van der Waals surface area (Å²) in [6, 6.07) is 0. The lowest BCUT2D eigenvalue weighted by Gasteiger charge is -2.20. The summed E-state index contributed by atoms with van der Waals surface area (Å²) in [7, 11) is 0. The topological polar surface area (TPSA) is 0 Å². The van der Waals surface area contributed by atoms with Crippen molar-refractivity contribution < 1.29 is 0 Å². The van der Waals surface area contributed by atoms with Gasteiger partial charge in [0.05, 0.1) is 0 Å². The van der Waals surface area contributed by atoms with E-state index in [1.165, 1.54) is 12.8 Å². The van der Waals surface area contributed by atoms with Crippen LogP contribution in [-0.4, -0.2) is 0 Å². The highest BCUT2D eigenvalue weighted by Crippen LogP contribution is 2.31. The zero-order valence-corrected chi connectivity index (χ0v) is 5.57. The molecule has 0 nitrogen and oxygen atoms in total. The molecule has 0 bridgehead atoms. The van der Waals surface area contributed by atoms with E-state index < -0.39 is 0 Å². The number of rotatable bonds is 0. The molecular weight excluding hydrogens is 96.1 g/mol. The van der Waals surface area contributed by atoms with Gasteiger partial charge in [0, 0.05) is 0 Å². The minimum atomic E-state index is 1.30. The fourth-order valence-corrected chi connectivity index (χ4v) is 1.07. The van der Waals surface area contributed by atoms with E-state index in [-0.39, 0.29) is 0 Å². The lowest BCUT2D eigenvalue weighted by Crippen LogP contribution is -2.01. The first kappa shape index (κ1) is 5.61. The lowest BCUT2D eigenvalue weighted by molar-refractivity contribution is 0.818. The number of hydrogen-bond acceptors (Lipinski definition) is 0. The third kappa shape index (κ3) is 0.706. The Morgan fingerprint density at radius 1 is 1.00 bits per heavy atom. The molecular formula is C8H12. The van der Waals surface area contributed by atoms with Crippen molar-refractivity contribution in [2.24, 2.45) is 0 Å². The highest BCUT2D eigenvalue weighted by molar-refractivity contribution is 5.38. The van der Waals surface area contributed by atoms with Crippen LogP contribution in [0.5, 0.6) is 0 Å². The average Bonchev–Trinajstić information content (AvgIpc) is 1.66. The van der Waals surface area contributed by atoms with Gasteiger partial charge >= 0.3 is 0 Å². The van der Waals surface area contributed by atoms with Crippen LogP contribution in [0.15, 0.2) is 23.3 Å². The summed E-state index contributed by atoms with van der Waals surface area (Å²) in [4.78, 5) is 0. The van der Waals surface area contributed by atoms with Gasteiger partial charge in [-0.15, -0.1) is 0 Å². The molecule has 0 radical (unpaired) electrons. The SMILES string of the molecule is C/C=C1/CC/C1=C\C. The van der Waals surface area contributed by atoms with Gasteiger partial charge in [0.1, 0.15) is 0 Å². The van der Waals surface area contributed by atoms with Crippen LogP contribution in [0.1, 0.15) is 26.7 Å². The van der Waals surface area contributed by atoms with Crippen LogP contribution in [0.3, 0.4) is 0 Å². The van der Waals surface area contributed by atoms with Crippen molar-refractivity contribution in [2.45, 2.75) is 26.7 Å². The molecule has 0 amide bonds. The van der Waals surface area contributed by atoms with Crippen molar-refractivity contribution >= 4 is 0 Å². The predicted molar refractivity (Wildman–Crippen MR) is 36.7 cm³/mol. The summed E-state index contributed by atoms with van der Waals surface area (Å²) < 4.78 is 0. The zero-order chi connectivity index (χ0) is 5.98. The maximum atomic E-state index is 2.21. The minimum absolute atomic E-state index is 1.30. The summed E-state index contributed by atoms with van der Waals surface area (Å²) in [6.07, 6.45) is 7.02. The maximum absolute atomic E-state index is 2.21. The molecule has 1 aliphatic carbocycles. The summed E-state index contributed by atoms with van der Waals surface area (Å²) in [6.45, 7) is 4.22. The third-order valence-electron chi connectivity index (χ3n) is 1.77. The van der Waals surface area contributed by atoms with Gasteiger partial charge in [0.25, 0.3) is 0 Å². The van der Waals surface area contributed by atoms with E-state index in [4.69, 9.17) is 0 Å². The van der Waals surface area contributed by atoms with E-state index in [1.54, 1.807) is 11.1 Å². The van der Waals surface area contributed by atoms with E-state index in [9.17, 15) is 0 Å². The highest BCUT2D eigenvalue weighted by atomic mass is 14.2. The average molecular weight is 108 g/mol. The second-order valence-electron chi connectivity index (χ2n) is 2.13. The standard InChI is InChI=1S/C8H12/c1-3-7-5-6-8(7)4-2/h3-4H,5-6H2,1-2H3/b7-3-,8-4+. The molecule has 0 aromatic rings. The molecule has 0 unspecified atom stereocenters. The Kier molecular flexibility index (Phi) is 1.52. The van der Waals surface area contributed by atoms with Gasteiger partial charge < -0.3 is 0 Å². The van der Waals surface area contributed by atoms with Crippen LogP contribution in [-0.2, 0) is 0 Å². The smallest absolute Gasteiger partial charge is 0.0239 e. The fraction of sp³-hybridized carbons (Fsp3) is 0.500. The summed E-state index contributed by atoms with van der Waals surface area (Å²) in [5.74, 6) is 0. The van der Waals surface area contributed by atoms with Gasteiger partial charge in [-0.25, -0.2) is 0 Å². The molecule has 0 atom stereocenters. The van der Waals surface area contributed by atoms with Crippen molar-refractivity contribution in [3.63, 3.8) is 0 Å². The van der Waals surface area contributed by atoms with Crippen molar-refractivity contribution in [2.75, 3.05) is 0 Å². The molecule has 0 heterocycles. The largest absolute Gasteiger partial charge is 0.0842 e. The van der Waals surface area contributed by atoms with Crippen molar-refractivity contribution in [3.05, 3.63) is 23.3 Å². The number of allylic oxidation sites excluding steroid dienone is 4. The minimum Gasteiger partial charge on any atom is -0.0842 e. The molecule has 0 N–H and O–H groups in total. The van der Waals surface area contributed by atoms with Crippen LogP contribution in [0.4, 0.5) is 0 Å². The Bertz CT molecular complexity index is 120. The molecule has 0 heteroatoms. The van der Waals surface area contributed by atoms with Crippen LogP contribution in [0.2, 0.25) is 0 Å². The maximum Gasteiger partial charge on any atom is -0.0239 e. The Balaban J connectivity index is 2.64. The molecule has 1 saturated carbocycles. The Morgan fingerprint density at radius 3 is 1.50 bits per heavy atom. The second kappa shape index (κ2) is 2.17. The summed E-state index contributed by atoms with van der Waals surface area (Å²) in [5, 5.41) is 0. The monoisotopic (exact) mass is 108 g/mol. The highest BCUT2D eigenvalue weighted by Gasteiger charge is 2.12. The molecule has 0 aromatic carbocycles. The van der Waals surface area contributed by atoms with Gasteiger partial charge in [-0.3, -0.25) is 0 Å². The van der Waals surface area contributed by atoms with E-state index in [0.29, 0.717) is 0 Å². The fourth-order valence-electron chi connectivity index (χ4n) is 1.07. The molecule has 0 aliphatic heterocycles. The molecule has 1 aliphatic rings. The molecule has 1 rings (SSSR count). The van der Waals surface area contributed by atoms with Crippen LogP contribution in [0, 0.1) is 0 Å². The first-order valence-corrected chi connectivity index (χ1v) is 3.19. The van der Waals surface area contributed by atoms with Gasteiger partial charge in [0.2, 0.25) is 0 Å². The Morgan fingerprint density at radius 2 is 1.38 bits per heavy atom. The van der Waals surface area contributed by atoms with Crippen molar-refractivity contribution in [1.29, 1.82) is 0 Å². The van der Waals surface area contributed by atoms with E-state index in [1.807, 2.05) is 0 Å². The van der Waals surface area contributed by atoms with E-state index >= 15 is 0 Å². The predicted octanol–water partition coefficient (Wildman–Crippen LogP) is 2.67. The lowest BCUT2D eigenvalue weighted by atomic mass is 9.85. The summed E-state index contributed by atoms with van der Waals surface area (Å²) in [5.41, 5.74) is 3.10. The van der Waals surface area contributed by atoms with Crippen molar-refractivity contribution in [1.82, 2.24) is 0 Å². The van der Waals surface area contributed by atoms with Gasteiger partial charge in [-0.05, 0) is 37.8 Å². The van der Waals surface area contributed by atoms with E-state index in [2.05, 4.69) is 26.0 Å². The zero-order valence-electron chi connectivity index (χ0n) is 5.57. The number of hydrogen-bond donors (Lipinski definition) is 0. The molecule has 8 heavy (non-hydrogen) atoms. The first-order chi connectivity index (χ1) is 3.88. The molecule has 44 valence electrons. The first-order valence-electron chi connectivity index (χ1n) is 3.19. The van der Waals surface area contributed by atoms with Crippen LogP contribution >= 0.6 is 0 Å². The van der Waals surface area contributed by atoms with Crippen LogP contribution in [0.25, 0.3) is 0 Å². The summed E-state index contributed by atoms with van der Waals surface area (Å²) >= 11 is 0. The van der Waals surface area contributed by atoms with E-state index in [0.717, 1.165) is 0 Å². The molecule has 0 spiro atoms. The van der Waals surface area contributed by atoms with Gasteiger partial charge in [-0.1, -0.05) is 12.2 Å². The quantitative estimate of drug-likeness (QED) is 0.447. The second-order valence-corrected chi connectivity index (χ2v) is 2.13. The third-order valence-corrected chi connectivity index (χ3v) is 1.77. The Labute approximate surface area is 50.9 Å². The van der Waals surface area contributed by atoms with Gasteiger partial charge in [-0.2, -0.15) is 0 Å². The molecule has 0 aromatic heterocycles. The van der Waals surface area contributed by atoms with Crippen LogP contribution < -0.4 is 0 Å².